The highest BCUT2D eigenvalue weighted by Gasteiger charge is 2.43. The zero-order valence-electron chi connectivity index (χ0n) is 20.7. The van der Waals surface area contributed by atoms with Crippen molar-refractivity contribution in [2.45, 2.75) is 52.4 Å². The number of rotatable bonds is 5. The average Bonchev–Trinajstić information content (AvgIpc) is 3.14. The Hall–Kier alpha value is -2.81. The van der Waals surface area contributed by atoms with Crippen molar-refractivity contribution < 1.29 is 4.58 Å². The molecule has 2 aliphatic heterocycles. The second-order valence-electron chi connectivity index (χ2n) is 9.95. The predicted octanol–water partition coefficient (Wildman–Crippen LogP) is 5.86. The highest BCUT2D eigenvalue weighted by Crippen LogP contribution is 2.47. The van der Waals surface area contributed by atoms with Crippen molar-refractivity contribution in [1.82, 2.24) is 0 Å². The van der Waals surface area contributed by atoms with Crippen LogP contribution in [-0.4, -0.2) is 31.2 Å². The van der Waals surface area contributed by atoms with Crippen molar-refractivity contribution in [1.29, 1.82) is 0 Å². The van der Waals surface area contributed by atoms with Gasteiger partial charge < -0.3 is 4.90 Å². The van der Waals surface area contributed by atoms with Crippen LogP contribution in [0.5, 0.6) is 0 Å². The van der Waals surface area contributed by atoms with E-state index in [1.165, 1.54) is 39.4 Å². The molecule has 2 aliphatic rings. The molecule has 0 saturated heterocycles. The maximum absolute atomic E-state index is 2.45. The first-order valence-corrected chi connectivity index (χ1v) is 11.9. The Balaban J connectivity index is 1.66. The summed E-state index contributed by atoms with van der Waals surface area (Å²) in [5, 5.41) is 0. The predicted molar refractivity (Wildman–Crippen MR) is 141 cm³/mol. The van der Waals surface area contributed by atoms with E-state index in [1.807, 2.05) is 0 Å². The van der Waals surface area contributed by atoms with Gasteiger partial charge in [0.15, 0.2) is 5.71 Å². The molecule has 0 unspecified atom stereocenters. The van der Waals surface area contributed by atoms with Crippen molar-refractivity contribution in [2.75, 3.05) is 18.0 Å². The van der Waals surface area contributed by atoms with Gasteiger partial charge in [-0.2, -0.15) is 4.58 Å². The normalized spacial score (nSPS) is 20.4. The summed E-state index contributed by atoms with van der Waals surface area (Å²) in [7, 11) is 2.20. The molecule has 0 saturated carbocycles. The maximum atomic E-state index is 2.45. The Labute approximate surface area is 195 Å². The van der Waals surface area contributed by atoms with Gasteiger partial charge in [-0.1, -0.05) is 67.9 Å². The molecule has 0 amide bonds. The second-order valence-corrected chi connectivity index (χ2v) is 9.95. The molecule has 0 N–H and O–H groups in total. The van der Waals surface area contributed by atoms with Gasteiger partial charge in [0, 0.05) is 41.1 Å². The lowest BCUT2D eigenvalue weighted by Gasteiger charge is -2.26. The van der Waals surface area contributed by atoms with Gasteiger partial charge in [0.05, 0.1) is 5.41 Å². The number of para-hydroxylation sites is 2. The highest BCUT2D eigenvalue weighted by molar-refractivity contribution is 6.24. The number of hydrogen-bond acceptors (Lipinski definition) is 1. The fourth-order valence-electron chi connectivity index (χ4n) is 5.44. The quantitative estimate of drug-likeness (QED) is 0.332. The topological polar surface area (TPSA) is 6.25 Å². The summed E-state index contributed by atoms with van der Waals surface area (Å²) in [4.78, 5) is 2.45. The molecule has 2 aromatic rings. The summed E-state index contributed by atoms with van der Waals surface area (Å²) < 4.78 is 2.45. The molecule has 0 aliphatic carbocycles. The summed E-state index contributed by atoms with van der Waals surface area (Å²) in [6.07, 6.45) is 9.18. The van der Waals surface area contributed by atoms with Crippen LogP contribution in [0.15, 0.2) is 84.0 Å². The fraction of sp³-hybridized carbons (Fsp3) is 0.345. The fourth-order valence-corrected chi connectivity index (χ4v) is 5.44. The van der Waals surface area contributed by atoms with Crippen molar-refractivity contribution in [3.8, 4) is 0 Å². The molecule has 0 aromatic heterocycles. The maximum Gasteiger partial charge on any atom is 0.209 e. The number of hydrogen-bond donors (Lipinski definition) is 0. The van der Waals surface area contributed by atoms with Crippen LogP contribution in [-0.2, 0) is 10.8 Å². The molecule has 0 atom stereocenters. The highest BCUT2D eigenvalue weighted by atomic mass is 15.2. The number of anilines is 1. The van der Waals surface area contributed by atoms with Crippen molar-refractivity contribution in [3.63, 3.8) is 0 Å². The monoisotopic (exact) mass is 423 g/mol. The van der Waals surface area contributed by atoms with Crippen LogP contribution in [0.3, 0.4) is 0 Å². The zero-order chi connectivity index (χ0) is 23.1. The lowest BCUT2D eigenvalue weighted by atomic mass is 9.80. The van der Waals surface area contributed by atoms with Crippen LogP contribution in [0.2, 0.25) is 0 Å². The second kappa shape index (κ2) is 8.28. The van der Waals surface area contributed by atoms with Crippen molar-refractivity contribution in [2.24, 2.45) is 0 Å². The average molecular weight is 423 g/mol. The Morgan fingerprint density at radius 3 is 2.28 bits per heavy atom. The van der Waals surface area contributed by atoms with Gasteiger partial charge in [-0.05, 0) is 45.4 Å². The summed E-state index contributed by atoms with van der Waals surface area (Å²) in [6, 6.07) is 17.6. The third-order valence-electron chi connectivity index (χ3n) is 7.24. The minimum atomic E-state index is 0.00987. The molecular weight excluding hydrogens is 387 g/mol. The molecule has 32 heavy (non-hydrogen) atoms. The first-order valence-electron chi connectivity index (χ1n) is 11.9. The molecule has 2 nitrogen and oxygen atoms in total. The van der Waals surface area contributed by atoms with E-state index in [2.05, 4.69) is 132 Å². The van der Waals surface area contributed by atoms with E-state index in [-0.39, 0.29) is 10.8 Å². The van der Waals surface area contributed by atoms with Crippen LogP contribution in [0.25, 0.3) is 0 Å². The van der Waals surface area contributed by atoms with Gasteiger partial charge in [0.2, 0.25) is 5.69 Å². The first kappa shape index (κ1) is 22.4. The Morgan fingerprint density at radius 2 is 1.59 bits per heavy atom. The molecule has 0 fully saturated rings. The number of likely N-dealkylation sites (N-methyl/N-ethyl adjacent to an activating group) is 1. The lowest BCUT2D eigenvalue weighted by molar-refractivity contribution is -0.433. The van der Waals surface area contributed by atoms with Crippen LogP contribution in [0.1, 0.15) is 52.7 Å². The molecule has 4 rings (SSSR count). The number of allylic oxidation sites excluding steroid dienone is 6. The molecule has 2 heterocycles. The van der Waals surface area contributed by atoms with E-state index in [4.69, 9.17) is 0 Å². The van der Waals surface area contributed by atoms with E-state index >= 15 is 0 Å². The van der Waals surface area contributed by atoms with Gasteiger partial charge in [0.1, 0.15) is 14.4 Å². The number of fused-ring (bicyclic) bond motifs is 2. The van der Waals surface area contributed by atoms with E-state index in [1.54, 1.807) is 0 Å². The molecule has 2 aromatic carbocycles. The smallest absolute Gasteiger partial charge is 0.209 e. The summed E-state index contributed by atoms with van der Waals surface area (Å²) in [5.74, 6) is 0. The standard InChI is InChI=1S/C29H36BN2/c1-7-31-24-15-11-9-13-22(24)28(3,4)26(31)19-17-21(30)18-20-27-29(5,6)23-14-10-12-16-25(23)32(27)8-2/h9-20H,7-8,30H2,1-6H3/q+1. The third-order valence-corrected chi connectivity index (χ3v) is 7.24. The largest absolute Gasteiger partial charge is 0.344 e. The van der Waals surface area contributed by atoms with E-state index in [0.29, 0.717) is 0 Å². The Kier molecular flexibility index (Phi) is 5.79. The molecule has 0 radical (unpaired) electrons. The van der Waals surface area contributed by atoms with E-state index in [9.17, 15) is 0 Å². The van der Waals surface area contributed by atoms with Crippen molar-refractivity contribution >= 4 is 24.9 Å². The summed E-state index contributed by atoms with van der Waals surface area (Å²) in [6.45, 7) is 15.8. The van der Waals surface area contributed by atoms with Crippen LogP contribution >= 0.6 is 0 Å². The van der Waals surface area contributed by atoms with Crippen molar-refractivity contribution in [3.05, 3.63) is 95.1 Å². The van der Waals surface area contributed by atoms with Crippen LogP contribution in [0, 0.1) is 0 Å². The SMILES string of the molecule is BC(/C=C/C1=[N+](CC)c2ccccc2C1(C)C)=C\C=C1\N(CC)c2ccccc2C1(C)C. The zero-order valence-corrected chi connectivity index (χ0v) is 20.7. The minimum absolute atomic E-state index is 0.00987. The molecule has 0 bridgehead atoms. The lowest BCUT2D eigenvalue weighted by Crippen LogP contribution is -2.27. The van der Waals surface area contributed by atoms with Crippen LogP contribution in [0.4, 0.5) is 11.4 Å². The van der Waals surface area contributed by atoms with Crippen LogP contribution < -0.4 is 4.90 Å². The Bertz CT molecular complexity index is 1160. The Morgan fingerprint density at radius 1 is 0.938 bits per heavy atom. The van der Waals surface area contributed by atoms with Gasteiger partial charge in [-0.15, -0.1) is 0 Å². The van der Waals surface area contributed by atoms with E-state index in [0.717, 1.165) is 13.1 Å². The molecule has 3 heteroatoms. The number of nitrogens with zero attached hydrogens (tertiary/aromatic N) is 2. The minimum Gasteiger partial charge on any atom is -0.344 e. The summed E-state index contributed by atoms with van der Waals surface area (Å²) in [5.41, 5.74) is 9.52. The molecule has 0 spiro atoms. The van der Waals surface area contributed by atoms with Gasteiger partial charge in [-0.3, -0.25) is 0 Å². The van der Waals surface area contributed by atoms with Gasteiger partial charge in [0.25, 0.3) is 0 Å². The van der Waals surface area contributed by atoms with Gasteiger partial charge >= 0.3 is 0 Å². The molecule has 164 valence electrons. The first-order chi connectivity index (χ1) is 15.2. The molecular formula is C29H36BN2+. The van der Waals surface area contributed by atoms with E-state index < -0.39 is 0 Å². The summed E-state index contributed by atoms with van der Waals surface area (Å²) >= 11 is 0. The third kappa shape index (κ3) is 3.48. The van der Waals surface area contributed by atoms with Gasteiger partial charge in [-0.25, -0.2) is 0 Å². The number of benzene rings is 2.